The first-order chi connectivity index (χ1) is 8.54. The first kappa shape index (κ1) is 15.6. The molecule has 5 heteroatoms. The van der Waals surface area contributed by atoms with Crippen LogP contribution in [0.1, 0.15) is 26.7 Å². The summed E-state index contributed by atoms with van der Waals surface area (Å²) >= 11 is 11.9. The third-order valence-corrected chi connectivity index (χ3v) is 3.01. The molecule has 1 rings (SSSR count). The highest BCUT2D eigenvalue weighted by Gasteiger charge is 2.17. The number of aliphatic hydroxyl groups excluding tert-OH is 1. The normalized spacial score (nSPS) is 14.3. The fraction of sp³-hybridized carbons (Fsp3) is 0.538. The molecule has 0 fully saturated rings. The van der Waals surface area contributed by atoms with Crippen LogP contribution < -0.4 is 10.1 Å². The van der Waals surface area contributed by atoms with Crippen molar-refractivity contribution in [2.75, 3.05) is 6.54 Å². The van der Waals surface area contributed by atoms with E-state index in [1.54, 1.807) is 25.1 Å². The number of nitrogens with one attached hydrogen (secondary N) is 1. The van der Waals surface area contributed by atoms with Crippen LogP contribution in [-0.4, -0.2) is 24.0 Å². The molecule has 0 bridgehead atoms. The number of unbranched alkanes of at least 4 members (excludes halogenated alkanes) is 1. The van der Waals surface area contributed by atoms with Crippen molar-refractivity contribution in [3.05, 3.63) is 28.2 Å². The van der Waals surface area contributed by atoms with Crippen LogP contribution in [0.2, 0.25) is 10.0 Å². The van der Waals surface area contributed by atoms with Crippen LogP contribution in [-0.2, 0) is 0 Å². The van der Waals surface area contributed by atoms with Gasteiger partial charge in [0.1, 0.15) is 11.9 Å². The van der Waals surface area contributed by atoms with Crippen molar-refractivity contribution < 1.29 is 9.84 Å². The topological polar surface area (TPSA) is 41.5 Å². The molecule has 2 atom stereocenters. The maximum atomic E-state index is 9.67. The van der Waals surface area contributed by atoms with E-state index >= 15 is 0 Å². The van der Waals surface area contributed by atoms with Gasteiger partial charge in [0.2, 0.25) is 0 Å². The van der Waals surface area contributed by atoms with E-state index in [0.717, 1.165) is 19.4 Å². The summed E-state index contributed by atoms with van der Waals surface area (Å²) in [7, 11) is 0. The number of rotatable bonds is 7. The Labute approximate surface area is 118 Å². The summed E-state index contributed by atoms with van der Waals surface area (Å²) in [5.41, 5.74) is 0. The minimum Gasteiger partial charge on any atom is -0.471 e. The molecule has 2 N–H and O–H groups in total. The molecule has 0 heterocycles. The molecule has 0 aliphatic rings. The van der Waals surface area contributed by atoms with Crippen LogP contribution in [0.4, 0.5) is 0 Å². The van der Waals surface area contributed by atoms with Gasteiger partial charge in [0, 0.05) is 11.1 Å². The molecule has 3 nitrogen and oxygen atoms in total. The predicted octanol–water partition coefficient (Wildman–Crippen LogP) is 3.47. The number of halogens is 2. The van der Waals surface area contributed by atoms with Gasteiger partial charge in [-0.15, -0.1) is 0 Å². The van der Waals surface area contributed by atoms with Crippen LogP contribution in [0.5, 0.6) is 5.75 Å². The Hall–Kier alpha value is -0.480. The minimum absolute atomic E-state index is 0.471. The highest BCUT2D eigenvalue weighted by atomic mass is 35.5. The van der Waals surface area contributed by atoms with Gasteiger partial charge in [-0.2, -0.15) is 0 Å². The maximum absolute atomic E-state index is 9.67. The second-order valence-corrected chi connectivity index (χ2v) is 5.01. The summed E-state index contributed by atoms with van der Waals surface area (Å²) in [6.45, 7) is 4.56. The second kappa shape index (κ2) is 7.85. The smallest absolute Gasteiger partial charge is 0.176 e. The van der Waals surface area contributed by atoms with Crippen LogP contribution in [0, 0.1) is 0 Å². The average molecular weight is 292 g/mol. The minimum atomic E-state index is -0.642. The average Bonchev–Trinajstić information content (AvgIpc) is 2.32. The number of hydrogen-bond donors (Lipinski definition) is 2. The van der Waals surface area contributed by atoms with Gasteiger partial charge < -0.3 is 9.84 Å². The second-order valence-electron chi connectivity index (χ2n) is 4.16. The lowest BCUT2D eigenvalue weighted by molar-refractivity contribution is 0.0271. The molecule has 0 spiro atoms. The SMILES string of the molecule is CCCCNC(Oc1cc(Cl)ccc1Cl)C(C)O. The van der Waals surface area contributed by atoms with Gasteiger partial charge in [-0.1, -0.05) is 36.5 Å². The van der Waals surface area contributed by atoms with Crippen LogP contribution in [0.15, 0.2) is 18.2 Å². The molecule has 18 heavy (non-hydrogen) atoms. The summed E-state index contributed by atoms with van der Waals surface area (Å²) in [5, 5.41) is 13.8. The number of benzene rings is 1. The van der Waals surface area contributed by atoms with Crippen LogP contribution >= 0.6 is 23.2 Å². The zero-order valence-electron chi connectivity index (χ0n) is 10.6. The van der Waals surface area contributed by atoms with Gasteiger partial charge in [-0.25, -0.2) is 0 Å². The van der Waals surface area contributed by atoms with E-state index in [-0.39, 0.29) is 0 Å². The Balaban J connectivity index is 2.67. The lowest BCUT2D eigenvalue weighted by Crippen LogP contribution is -2.43. The van der Waals surface area contributed by atoms with E-state index in [9.17, 15) is 5.11 Å². The standard InChI is InChI=1S/C13H19Cl2NO2/c1-3-4-7-16-13(9(2)17)18-12-8-10(14)5-6-11(12)15/h5-6,8-9,13,16-17H,3-4,7H2,1-2H3. The number of aliphatic hydroxyl groups is 1. The first-order valence-electron chi connectivity index (χ1n) is 6.07. The maximum Gasteiger partial charge on any atom is 0.176 e. The molecule has 0 amide bonds. The van der Waals surface area contributed by atoms with Crippen molar-refractivity contribution in [1.29, 1.82) is 0 Å². The molecule has 0 aliphatic heterocycles. The predicted molar refractivity (Wildman–Crippen MR) is 75.5 cm³/mol. The summed E-state index contributed by atoms with van der Waals surface area (Å²) in [4.78, 5) is 0. The van der Waals surface area contributed by atoms with Crippen molar-refractivity contribution >= 4 is 23.2 Å². The molecule has 102 valence electrons. The van der Waals surface area contributed by atoms with Gasteiger partial charge >= 0.3 is 0 Å². The molecule has 0 aliphatic carbocycles. The Kier molecular flexibility index (Phi) is 6.79. The largest absolute Gasteiger partial charge is 0.471 e. The molecule has 0 aromatic heterocycles. The summed E-state index contributed by atoms with van der Waals surface area (Å²) < 4.78 is 5.66. The molecule has 2 unspecified atom stereocenters. The van der Waals surface area contributed by atoms with E-state index in [2.05, 4.69) is 12.2 Å². The van der Waals surface area contributed by atoms with Crippen molar-refractivity contribution in [2.24, 2.45) is 0 Å². The fourth-order valence-electron chi connectivity index (χ4n) is 1.44. The van der Waals surface area contributed by atoms with Crippen LogP contribution in [0.3, 0.4) is 0 Å². The summed E-state index contributed by atoms with van der Waals surface area (Å²) in [6, 6.07) is 5.00. The first-order valence-corrected chi connectivity index (χ1v) is 6.83. The van der Waals surface area contributed by atoms with E-state index in [1.807, 2.05) is 0 Å². The van der Waals surface area contributed by atoms with Gasteiger partial charge in [0.25, 0.3) is 0 Å². The van der Waals surface area contributed by atoms with E-state index in [1.165, 1.54) is 0 Å². The highest BCUT2D eigenvalue weighted by Crippen LogP contribution is 2.28. The van der Waals surface area contributed by atoms with Crippen LogP contribution in [0.25, 0.3) is 0 Å². The molecule has 0 radical (unpaired) electrons. The summed E-state index contributed by atoms with van der Waals surface area (Å²) in [5.74, 6) is 0.471. The van der Waals surface area contributed by atoms with Crippen molar-refractivity contribution in [3.63, 3.8) is 0 Å². The van der Waals surface area contributed by atoms with Gasteiger partial charge in [0.05, 0.1) is 5.02 Å². The fourth-order valence-corrected chi connectivity index (χ4v) is 1.76. The lowest BCUT2D eigenvalue weighted by atomic mass is 10.3. The molecule has 0 saturated heterocycles. The quantitative estimate of drug-likeness (QED) is 0.597. The van der Waals surface area contributed by atoms with Gasteiger partial charge in [-0.05, 0) is 32.0 Å². The summed E-state index contributed by atoms with van der Waals surface area (Å²) in [6.07, 6.45) is 0.970. The molecular formula is C13H19Cl2NO2. The van der Waals surface area contributed by atoms with Gasteiger partial charge in [0.15, 0.2) is 6.23 Å². The zero-order valence-corrected chi connectivity index (χ0v) is 12.1. The Morgan fingerprint density at radius 3 is 2.72 bits per heavy atom. The number of ether oxygens (including phenoxy) is 1. The molecule has 0 saturated carbocycles. The van der Waals surface area contributed by atoms with Gasteiger partial charge in [-0.3, -0.25) is 5.32 Å². The van der Waals surface area contributed by atoms with Crippen molar-refractivity contribution in [1.82, 2.24) is 5.32 Å². The molecular weight excluding hydrogens is 273 g/mol. The molecule has 1 aromatic carbocycles. The monoisotopic (exact) mass is 291 g/mol. The van der Waals surface area contributed by atoms with Crippen molar-refractivity contribution in [2.45, 2.75) is 39.0 Å². The van der Waals surface area contributed by atoms with E-state index < -0.39 is 12.3 Å². The lowest BCUT2D eigenvalue weighted by Gasteiger charge is -2.23. The molecule has 1 aromatic rings. The Bertz CT molecular complexity index is 372. The third kappa shape index (κ3) is 5.02. The highest BCUT2D eigenvalue weighted by molar-refractivity contribution is 6.34. The zero-order chi connectivity index (χ0) is 13.5. The Morgan fingerprint density at radius 2 is 2.11 bits per heavy atom. The van der Waals surface area contributed by atoms with E-state index in [4.69, 9.17) is 27.9 Å². The van der Waals surface area contributed by atoms with E-state index in [0.29, 0.717) is 15.8 Å². The van der Waals surface area contributed by atoms with Crippen molar-refractivity contribution in [3.8, 4) is 5.75 Å². The third-order valence-electron chi connectivity index (χ3n) is 2.46. The Morgan fingerprint density at radius 1 is 1.39 bits per heavy atom. The number of hydrogen-bond acceptors (Lipinski definition) is 3.